The molecule has 0 amide bonds. The van der Waals surface area contributed by atoms with Gasteiger partial charge in [-0.15, -0.1) is 0 Å². The monoisotopic (exact) mass is 218 g/mol. The van der Waals surface area contributed by atoms with Crippen LogP contribution in [0.1, 0.15) is 53.4 Å². The van der Waals surface area contributed by atoms with E-state index in [0.717, 1.165) is 12.8 Å². The van der Waals surface area contributed by atoms with Crippen molar-refractivity contribution in [2.75, 3.05) is 0 Å². The Labute approximate surface area is 101 Å². The van der Waals surface area contributed by atoms with Gasteiger partial charge in [-0.05, 0) is 53.4 Å². The fourth-order valence-corrected chi connectivity index (χ4v) is 1.52. The van der Waals surface area contributed by atoms with Crippen LogP contribution in [0.3, 0.4) is 0 Å². The van der Waals surface area contributed by atoms with Crippen molar-refractivity contribution in [1.29, 1.82) is 0 Å². The molecule has 0 aromatic carbocycles. The minimum atomic E-state index is 1.14. The maximum atomic E-state index is 3.70. The molecule has 0 nitrogen and oxygen atoms in total. The number of hydrogen-bond acceptors (Lipinski definition) is 0. The smallest absolute Gasteiger partial charge is 0.0285 e. The van der Waals surface area contributed by atoms with Crippen molar-refractivity contribution in [3.63, 3.8) is 0 Å². The molecule has 0 saturated heterocycles. The van der Waals surface area contributed by atoms with Crippen molar-refractivity contribution in [1.82, 2.24) is 0 Å². The van der Waals surface area contributed by atoms with Crippen LogP contribution in [-0.2, 0) is 0 Å². The fraction of sp³-hybridized carbons (Fsp3) is 0.500. The summed E-state index contributed by atoms with van der Waals surface area (Å²) in [6.45, 7) is 12.4. The summed E-state index contributed by atoms with van der Waals surface area (Å²) in [6, 6.07) is 0. The highest BCUT2D eigenvalue weighted by Gasteiger charge is 1.90. The highest BCUT2D eigenvalue weighted by molar-refractivity contribution is 5.09. The minimum absolute atomic E-state index is 1.14. The Kier molecular flexibility index (Phi) is 8.61. The Hall–Kier alpha value is -1.04. The molecule has 0 N–H and O–H groups in total. The predicted molar refractivity (Wildman–Crippen MR) is 75.6 cm³/mol. The van der Waals surface area contributed by atoms with Crippen LogP contribution in [0, 0.1) is 0 Å². The van der Waals surface area contributed by atoms with Gasteiger partial charge >= 0.3 is 0 Å². The van der Waals surface area contributed by atoms with Gasteiger partial charge in [-0.2, -0.15) is 0 Å². The molecule has 0 aliphatic carbocycles. The molecule has 0 saturated carbocycles. The van der Waals surface area contributed by atoms with E-state index >= 15 is 0 Å². The van der Waals surface area contributed by atoms with Crippen molar-refractivity contribution in [2.45, 2.75) is 53.4 Å². The summed E-state index contributed by atoms with van der Waals surface area (Å²) in [5.74, 6) is 0. The van der Waals surface area contributed by atoms with E-state index in [0.29, 0.717) is 0 Å². The van der Waals surface area contributed by atoms with Gasteiger partial charge in [-0.1, -0.05) is 47.6 Å². The van der Waals surface area contributed by atoms with Crippen LogP contribution in [0.25, 0.3) is 0 Å². The van der Waals surface area contributed by atoms with Gasteiger partial charge in [0.25, 0.3) is 0 Å². The molecule has 0 rings (SSSR count). The van der Waals surface area contributed by atoms with Crippen LogP contribution in [-0.4, -0.2) is 0 Å². The first-order chi connectivity index (χ1) is 7.56. The third-order valence-corrected chi connectivity index (χ3v) is 2.53. The lowest BCUT2D eigenvalue weighted by molar-refractivity contribution is 0.918. The van der Waals surface area contributed by atoms with Gasteiger partial charge in [-0.25, -0.2) is 0 Å². The molecule has 0 spiro atoms. The third kappa shape index (κ3) is 9.51. The average molecular weight is 218 g/mol. The van der Waals surface area contributed by atoms with E-state index in [1.54, 1.807) is 0 Å². The normalized spacial score (nSPS) is 12.5. The quantitative estimate of drug-likeness (QED) is 0.386. The molecule has 0 bridgehead atoms. The van der Waals surface area contributed by atoms with E-state index in [4.69, 9.17) is 0 Å². The van der Waals surface area contributed by atoms with E-state index in [2.05, 4.69) is 52.5 Å². The topological polar surface area (TPSA) is 0 Å². The minimum Gasteiger partial charge on any atom is -0.0991 e. The van der Waals surface area contributed by atoms with Crippen molar-refractivity contribution >= 4 is 0 Å². The van der Waals surface area contributed by atoms with Crippen molar-refractivity contribution in [3.05, 3.63) is 47.6 Å². The molecule has 0 atom stereocenters. The maximum Gasteiger partial charge on any atom is -0.0285 e. The predicted octanol–water partition coefficient (Wildman–Crippen LogP) is 5.59. The maximum absolute atomic E-state index is 3.70. The Morgan fingerprint density at radius 1 is 0.875 bits per heavy atom. The van der Waals surface area contributed by atoms with E-state index in [-0.39, 0.29) is 0 Å². The summed E-state index contributed by atoms with van der Waals surface area (Å²) in [7, 11) is 0. The summed E-state index contributed by atoms with van der Waals surface area (Å²) >= 11 is 0. The van der Waals surface area contributed by atoms with Gasteiger partial charge in [0.05, 0.1) is 0 Å². The Morgan fingerprint density at radius 3 is 2.00 bits per heavy atom. The molecule has 0 aliphatic rings. The largest absolute Gasteiger partial charge is 0.0991 e. The Balaban J connectivity index is 3.83. The summed E-state index contributed by atoms with van der Waals surface area (Å²) in [4.78, 5) is 0. The van der Waals surface area contributed by atoms with Gasteiger partial charge in [-0.3, -0.25) is 0 Å². The summed E-state index contributed by atoms with van der Waals surface area (Å²) in [5.41, 5.74) is 4.32. The van der Waals surface area contributed by atoms with E-state index in [1.165, 1.54) is 29.6 Å². The molecule has 0 heteroatoms. The number of allylic oxidation sites excluding steroid dienone is 7. The molecule has 0 unspecified atom stereocenters. The van der Waals surface area contributed by atoms with E-state index in [9.17, 15) is 0 Å². The van der Waals surface area contributed by atoms with Gasteiger partial charge in [0.15, 0.2) is 0 Å². The lowest BCUT2D eigenvalue weighted by Crippen LogP contribution is -1.80. The molecule has 0 aromatic heterocycles. The first-order valence-electron chi connectivity index (χ1n) is 6.13. The molecular weight excluding hydrogens is 192 g/mol. The van der Waals surface area contributed by atoms with Crippen molar-refractivity contribution in [2.24, 2.45) is 0 Å². The zero-order valence-corrected chi connectivity index (χ0v) is 11.3. The van der Waals surface area contributed by atoms with Crippen LogP contribution in [0.5, 0.6) is 0 Å². The zero-order chi connectivity index (χ0) is 12.4. The summed E-state index contributed by atoms with van der Waals surface area (Å²) in [6.07, 6.45) is 13.3. The first kappa shape index (κ1) is 15.0. The molecule has 0 radical (unpaired) electrons. The van der Waals surface area contributed by atoms with Gasteiger partial charge < -0.3 is 0 Å². The third-order valence-electron chi connectivity index (χ3n) is 2.53. The highest BCUT2D eigenvalue weighted by atomic mass is 14.0. The lowest BCUT2D eigenvalue weighted by Gasteiger charge is -2.00. The van der Waals surface area contributed by atoms with Gasteiger partial charge in [0.2, 0.25) is 0 Å². The Morgan fingerprint density at radius 2 is 1.44 bits per heavy atom. The number of hydrogen-bond donors (Lipinski definition) is 0. The SMILES string of the molecule is C=C/C=C(\C)CCC=C(C)CCC=C(C)C. The number of rotatable bonds is 7. The molecule has 0 aliphatic heterocycles. The van der Waals surface area contributed by atoms with Gasteiger partial charge in [0, 0.05) is 0 Å². The molecule has 0 heterocycles. The fourth-order valence-electron chi connectivity index (χ4n) is 1.52. The van der Waals surface area contributed by atoms with E-state index in [1.807, 2.05) is 6.08 Å². The highest BCUT2D eigenvalue weighted by Crippen LogP contribution is 2.11. The van der Waals surface area contributed by atoms with Crippen LogP contribution >= 0.6 is 0 Å². The molecule has 16 heavy (non-hydrogen) atoms. The molecule has 90 valence electrons. The Bertz CT molecular complexity index is 283. The standard InChI is InChI=1S/C16H26/c1-6-9-15(4)12-8-13-16(5)11-7-10-14(2)3/h6,9-10,13H,1,7-8,11-12H2,2-5H3/b15-9+,16-13?. The van der Waals surface area contributed by atoms with E-state index < -0.39 is 0 Å². The van der Waals surface area contributed by atoms with Crippen LogP contribution in [0.2, 0.25) is 0 Å². The van der Waals surface area contributed by atoms with Gasteiger partial charge in [0.1, 0.15) is 0 Å². The summed E-state index contributed by atoms with van der Waals surface area (Å²) < 4.78 is 0. The van der Waals surface area contributed by atoms with Crippen LogP contribution in [0.4, 0.5) is 0 Å². The van der Waals surface area contributed by atoms with Crippen molar-refractivity contribution < 1.29 is 0 Å². The average Bonchev–Trinajstić information content (AvgIpc) is 2.17. The first-order valence-corrected chi connectivity index (χ1v) is 6.13. The van der Waals surface area contributed by atoms with Crippen molar-refractivity contribution in [3.8, 4) is 0 Å². The molecule has 0 aromatic rings. The van der Waals surface area contributed by atoms with Crippen LogP contribution < -0.4 is 0 Å². The summed E-state index contributed by atoms with van der Waals surface area (Å²) in [5, 5.41) is 0. The molecule has 0 fully saturated rings. The lowest BCUT2D eigenvalue weighted by atomic mass is 10.1. The second-order valence-corrected chi connectivity index (χ2v) is 4.66. The second-order valence-electron chi connectivity index (χ2n) is 4.66. The second kappa shape index (κ2) is 9.21. The zero-order valence-electron chi connectivity index (χ0n) is 11.3. The van der Waals surface area contributed by atoms with Crippen LogP contribution in [0.15, 0.2) is 47.6 Å². The molecular formula is C16H26.